The van der Waals surface area contributed by atoms with Crippen molar-refractivity contribution in [1.29, 1.82) is 0 Å². The number of rotatable bonds is 4. The first-order valence-corrected chi connectivity index (χ1v) is 5.64. The predicted molar refractivity (Wildman–Crippen MR) is 64.2 cm³/mol. The summed E-state index contributed by atoms with van der Waals surface area (Å²) in [5, 5.41) is 3.93. The molecule has 90 valence electrons. The number of nitrogens with zero attached hydrogens (tertiary/aromatic N) is 3. The second-order valence-corrected chi connectivity index (χ2v) is 4.28. The molecule has 0 aliphatic carbocycles. The molecule has 1 atom stereocenters. The lowest BCUT2D eigenvalue weighted by molar-refractivity contribution is 0.359. The van der Waals surface area contributed by atoms with Crippen molar-refractivity contribution < 1.29 is 4.52 Å². The molecule has 0 aromatic carbocycles. The highest BCUT2D eigenvalue weighted by molar-refractivity contribution is 5.48. The molecule has 0 aliphatic rings. The van der Waals surface area contributed by atoms with Crippen LogP contribution in [0.3, 0.4) is 0 Å². The molecular formula is C12H16N4O. The Bertz CT molecular complexity index is 495. The molecule has 2 N–H and O–H groups in total. The molecule has 2 heterocycles. The van der Waals surface area contributed by atoms with Crippen molar-refractivity contribution in [3.05, 3.63) is 29.8 Å². The molecule has 0 radical (unpaired) electrons. The largest absolute Gasteiger partial charge is 0.339 e. The van der Waals surface area contributed by atoms with Gasteiger partial charge in [0.15, 0.2) is 0 Å². The molecule has 0 aliphatic heterocycles. The molecular weight excluding hydrogens is 216 g/mol. The van der Waals surface area contributed by atoms with Gasteiger partial charge in [0.2, 0.25) is 11.7 Å². The fourth-order valence-corrected chi connectivity index (χ4v) is 1.48. The van der Waals surface area contributed by atoms with E-state index in [4.69, 9.17) is 10.3 Å². The van der Waals surface area contributed by atoms with Crippen LogP contribution in [0.2, 0.25) is 0 Å². The number of aryl methyl sites for hydroxylation is 1. The third-order valence-electron chi connectivity index (χ3n) is 2.54. The van der Waals surface area contributed by atoms with Crippen LogP contribution in [-0.2, 0) is 6.42 Å². The maximum absolute atomic E-state index is 5.56. The summed E-state index contributed by atoms with van der Waals surface area (Å²) in [5.74, 6) is 1.49. The SMILES string of the molecule is Cc1ccnc(-c2noc(CC(C)CN)n2)c1. The summed E-state index contributed by atoms with van der Waals surface area (Å²) < 4.78 is 5.17. The summed E-state index contributed by atoms with van der Waals surface area (Å²) in [6.45, 7) is 4.66. The third-order valence-corrected chi connectivity index (χ3v) is 2.54. The van der Waals surface area contributed by atoms with Gasteiger partial charge >= 0.3 is 0 Å². The number of pyridine rings is 1. The van der Waals surface area contributed by atoms with E-state index in [0.717, 1.165) is 11.3 Å². The van der Waals surface area contributed by atoms with Crippen molar-refractivity contribution in [3.63, 3.8) is 0 Å². The molecule has 0 fully saturated rings. The van der Waals surface area contributed by atoms with Gasteiger partial charge in [0.05, 0.1) is 0 Å². The molecule has 0 bridgehead atoms. The smallest absolute Gasteiger partial charge is 0.227 e. The summed E-state index contributed by atoms with van der Waals surface area (Å²) >= 11 is 0. The van der Waals surface area contributed by atoms with Gasteiger partial charge in [0.25, 0.3) is 0 Å². The van der Waals surface area contributed by atoms with Crippen LogP contribution in [0.25, 0.3) is 11.5 Å². The number of aromatic nitrogens is 3. The van der Waals surface area contributed by atoms with E-state index in [1.54, 1.807) is 6.20 Å². The van der Waals surface area contributed by atoms with Crippen molar-refractivity contribution in [2.75, 3.05) is 6.54 Å². The maximum atomic E-state index is 5.56. The van der Waals surface area contributed by atoms with E-state index in [9.17, 15) is 0 Å². The summed E-state index contributed by atoms with van der Waals surface area (Å²) in [6.07, 6.45) is 2.44. The average Bonchev–Trinajstić information content (AvgIpc) is 2.77. The lowest BCUT2D eigenvalue weighted by Gasteiger charge is -2.01. The van der Waals surface area contributed by atoms with Gasteiger partial charge in [-0.05, 0) is 37.1 Å². The Morgan fingerprint density at radius 2 is 2.29 bits per heavy atom. The van der Waals surface area contributed by atoms with Gasteiger partial charge in [0.1, 0.15) is 5.69 Å². The van der Waals surface area contributed by atoms with Gasteiger partial charge in [-0.15, -0.1) is 0 Å². The Kier molecular flexibility index (Phi) is 3.49. The van der Waals surface area contributed by atoms with Gasteiger partial charge in [-0.3, -0.25) is 4.98 Å². The van der Waals surface area contributed by atoms with E-state index >= 15 is 0 Å². The standard InChI is InChI=1S/C12H16N4O/c1-8-3-4-14-10(5-8)12-15-11(17-16-12)6-9(2)7-13/h3-5,9H,6-7,13H2,1-2H3. The minimum atomic E-state index is 0.341. The summed E-state index contributed by atoms with van der Waals surface area (Å²) in [7, 11) is 0. The van der Waals surface area contributed by atoms with Crippen molar-refractivity contribution in [2.24, 2.45) is 11.7 Å². The topological polar surface area (TPSA) is 77.8 Å². The average molecular weight is 232 g/mol. The molecule has 0 amide bonds. The molecule has 2 aromatic rings. The van der Waals surface area contributed by atoms with E-state index in [1.165, 1.54) is 0 Å². The second kappa shape index (κ2) is 5.05. The van der Waals surface area contributed by atoms with E-state index in [1.807, 2.05) is 19.1 Å². The number of hydrogen-bond acceptors (Lipinski definition) is 5. The Balaban J connectivity index is 2.18. The first-order chi connectivity index (χ1) is 8.19. The summed E-state index contributed by atoms with van der Waals surface area (Å²) in [4.78, 5) is 8.53. The van der Waals surface area contributed by atoms with E-state index in [0.29, 0.717) is 30.6 Å². The van der Waals surface area contributed by atoms with Crippen LogP contribution in [0.15, 0.2) is 22.9 Å². The highest BCUT2D eigenvalue weighted by atomic mass is 16.5. The Hall–Kier alpha value is -1.75. The van der Waals surface area contributed by atoms with Crippen molar-refractivity contribution in [2.45, 2.75) is 20.3 Å². The molecule has 5 heteroatoms. The van der Waals surface area contributed by atoms with Crippen LogP contribution in [-0.4, -0.2) is 21.7 Å². The predicted octanol–water partition coefficient (Wildman–Crippen LogP) is 1.58. The zero-order valence-corrected chi connectivity index (χ0v) is 10.1. The minimum Gasteiger partial charge on any atom is -0.339 e. The van der Waals surface area contributed by atoms with Crippen LogP contribution in [0.1, 0.15) is 18.4 Å². The Labute approximate surface area is 100 Å². The molecule has 1 unspecified atom stereocenters. The summed E-state index contributed by atoms with van der Waals surface area (Å²) in [6, 6.07) is 3.86. The Morgan fingerprint density at radius 3 is 3.00 bits per heavy atom. The van der Waals surface area contributed by atoms with Crippen LogP contribution in [0.4, 0.5) is 0 Å². The van der Waals surface area contributed by atoms with Crippen molar-refractivity contribution in [3.8, 4) is 11.5 Å². The fraction of sp³-hybridized carbons (Fsp3) is 0.417. The van der Waals surface area contributed by atoms with Crippen LogP contribution < -0.4 is 5.73 Å². The normalized spacial score (nSPS) is 12.6. The number of hydrogen-bond donors (Lipinski definition) is 1. The molecule has 0 saturated carbocycles. The Morgan fingerprint density at radius 1 is 1.47 bits per heavy atom. The monoisotopic (exact) mass is 232 g/mol. The van der Waals surface area contributed by atoms with Crippen LogP contribution >= 0.6 is 0 Å². The fourth-order valence-electron chi connectivity index (χ4n) is 1.48. The van der Waals surface area contributed by atoms with Crippen molar-refractivity contribution in [1.82, 2.24) is 15.1 Å². The second-order valence-electron chi connectivity index (χ2n) is 4.28. The number of nitrogens with two attached hydrogens (primary N) is 1. The van der Waals surface area contributed by atoms with E-state index in [2.05, 4.69) is 22.0 Å². The maximum Gasteiger partial charge on any atom is 0.227 e. The lowest BCUT2D eigenvalue weighted by atomic mass is 10.1. The third kappa shape index (κ3) is 2.88. The van der Waals surface area contributed by atoms with Gasteiger partial charge < -0.3 is 10.3 Å². The van der Waals surface area contributed by atoms with Gasteiger partial charge in [-0.25, -0.2) is 0 Å². The molecule has 5 nitrogen and oxygen atoms in total. The van der Waals surface area contributed by atoms with E-state index in [-0.39, 0.29) is 0 Å². The zero-order valence-electron chi connectivity index (χ0n) is 10.1. The van der Waals surface area contributed by atoms with Gasteiger partial charge in [-0.2, -0.15) is 4.98 Å². The first kappa shape index (κ1) is 11.7. The summed E-state index contributed by atoms with van der Waals surface area (Å²) in [5.41, 5.74) is 7.41. The van der Waals surface area contributed by atoms with Gasteiger partial charge in [0, 0.05) is 12.6 Å². The van der Waals surface area contributed by atoms with Gasteiger partial charge in [-0.1, -0.05) is 12.1 Å². The quantitative estimate of drug-likeness (QED) is 0.865. The molecule has 0 spiro atoms. The molecule has 2 rings (SSSR count). The lowest BCUT2D eigenvalue weighted by Crippen LogP contribution is -2.13. The zero-order chi connectivity index (χ0) is 12.3. The van der Waals surface area contributed by atoms with Crippen LogP contribution in [0.5, 0.6) is 0 Å². The molecule has 17 heavy (non-hydrogen) atoms. The molecule has 2 aromatic heterocycles. The van der Waals surface area contributed by atoms with Crippen molar-refractivity contribution >= 4 is 0 Å². The minimum absolute atomic E-state index is 0.341. The molecule has 0 saturated heterocycles. The first-order valence-electron chi connectivity index (χ1n) is 5.64. The van der Waals surface area contributed by atoms with E-state index < -0.39 is 0 Å². The van der Waals surface area contributed by atoms with Crippen LogP contribution in [0, 0.1) is 12.8 Å². The highest BCUT2D eigenvalue weighted by Crippen LogP contribution is 2.15. The highest BCUT2D eigenvalue weighted by Gasteiger charge is 2.12.